The van der Waals surface area contributed by atoms with Gasteiger partial charge in [0.15, 0.2) is 11.2 Å². The fourth-order valence-electron chi connectivity index (χ4n) is 2.31. The molecule has 0 fully saturated rings. The minimum absolute atomic E-state index is 0.288. The largest absolute Gasteiger partial charge is 0.356 e. The van der Waals surface area contributed by atoms with Gasteiger partial charge >= 0.3 is 5.69 Å². The van der Waals surface area contributed by atoms with Crippen LogP contribution in [-0.4, -0.2) is 25.6 Å². The van der Waals surface area contributed by atoms with Crippen LogP contribution in [0.5, 0.6) is 0 Å². The van der Waals surface area contributed by atoms with Crippen LogP contribution in [0.1, 0.15) is 27.7 Å². The Morgan fingerprint density at radius 2 is 1.95 bits per heavy atom. The van der Waals surface area contributed by atoms with Crippen molar-refractivity contribution in [3.05, 3.63) is 20.8 Å². The van der Waals surface area contributed by atoms with Crippen molar-refractivity contribution in [1.82, 2.24) is 19.1 Å². The second-order valence-electron chi connectivity index (χ2n) is 5.15. The van der Waals surface area contributed by atoms with E-state index in [0.29, 0.717) is 36.7 Å². The highest BCUT2D eigenvalue weighted by Gasteiger charge is 2.17. The van der Waals surface area contributed by atoms with Gasteiger partial charge in [-0.2, -0.15) is 4.98 Å². The maximum Gasteiger partial charge on any atom is 0.330 e. The lowest BCUT2D eigenvalue weighted by Crippen LogP contribution is -2.32. The summed E-state index contributed by atoms with van der Waals surface area (Å²) in [5, 5.41) is 3.13. The summed E-state index contributed by atoms with van der Waals surface area (Å²) in [5.41, 5.74) is 0.109. The SMILES string of the molecule is CCNc1nc2c(c(=O)[nH]c(=O)n2CC(C)C)n1CC. The Labute approximate surface area is 116 Å². The van der Waals surface area contributed by atoms with Crippen molar-refractivity contribution in [3.63, 3.8) is 0 Å². The lowest BCUT2D eigenvalue weighted by molar-refractivity contribution is 0.513. The molecule has 2 aromatic rings. The molecule has 0 unspecified atom stereocenters. The minimum Gasteiger partial charge on any atom is -0.356 e. The molecule has 0 spiro atoms. The number of fused-ring (bicyclic) bond motifs is 1. The van der Waals surface area contributed by atoms with Crippen LogP contribution < -0.4 is 16.6 Å². The second kappa shape index (κ2) is 5.52. The third-order valence-electron chi connectivity index (χ3n) is 3.08. The summed E-state index contributed by atoms with van der Waals surface area (Å²) in [6.07, 6.45) is 0. The fraction of sp³-hybridized carbons (Fsp3) is 0.615. The summed E-state index contributed by atoms with van der Waals surface area (Å²) >= 11 is 0. The molecule has 0 aliphatic carbocycles. The van der Waals surface area contributed by atoms with Crippen molar-refractivity contribution in [1.29, 1.82) is 0 Å². The smallest absolute Gasteiger partial charge is 0.330 e. The lowest BCUT2D eigenvalue weighted by atomic mass is 10.2. The molecule has 0 bridgehead atoms. The van der Waals surface area contributed by atoms with Gasteiger partial charge in [-0.1, -0.05) is 13.8 Å². The van der Waals surface area contributed by atoms with Crippen molar-refractivity contribution < 1.29 is 0 Å². The molecular formula is C13H21N5O2. The summed E-state index contributed by atoms with van der Waals surface area (Å²) in [7, 11) is 0. The zero-order valence-electron chi connectivity index (χ0n) is 12.4. The van der Waals surface area contributed by atoms with Gasteiger partial charge in [0.25, 0.3) is 5.56 Å². The Bertz CT molecular complexity index is 723. The van der Waals surface area contributed by atoms with Gasteiger partial charge in [-0.15, -0.1) is 0 Å². The first kappa shape index (κ1) is 14.4. The Balaban J connectivity index is 2.81. The number of aromatic amines is 1. The summed E-state index contributed by atoms with van der Waals surface area (Å²) in [5.74, 6) is 0.912. The number of hydrogen-bond acceptors (Lipinski definition) is 4. The standard InChI is InChI=1S/C13H21N5O2/c1-5-14-12-15-10-9(17(12)6-2)11(19)16-13(20)18(10)7-8(3)4/h8H,5-7H2,1-4H3,(H,14,15)(H,16,19,20). The number of anilines is 1. The highest BCUT2D eigenvalue weighted by Crippen LogP contribution is 2.16. The van der Waals surface area contributed by atoms with E-state index in [-0.39, 0.29) is 11.5 Å². The fourth-order valence-corrected chi connectivity index (χ4v) is 2.31. The Morgan fingerprint density at radius 1 is 1.25 bits per heavy atom. The van der Waals surface area contributed by atoms with Crippen LogP contribution in [0.4, 0.5) is 5.95 Å². The average molecular weight is 279 g/mol. The molecule has 2 heterocycles. The molecule has 0 aliphatic heterocycles. The van der Waals surface area contributed by atoms with Gasteiger partial charge in [0, 0.05) is 19.6 Å². The number of nitrogens with one attached hydrogen (secondary N) is 2. The van der Waals surface area contributed by atoms with E-state index in [1.165, 1.54) is 4.57 Å². The van der Waals surface area contributed by atoms with E-state index < -0.39 is 5.69 Å². The molecule has 110 valence electrons. The van der Waals surface area contributed by atoms with Gasteiger partial charge in [0.1, 0.15) is 0 Å². The number of aromatic nitrogens is 4. The first-order valence-electron chi connectivity index (χ1n) is 6.96. The predicted octanol–water partition coefficient (Wildman–Crippen LogP) is 0.994. The average Bonchev–Trinajstić information content (AvgIpc) is 2.73. The quantitative estimate of drug-likeness (QED) is 0.855. The Kier molecular flexibility index (Phi) is 3.96. The molecular weight excluding hydrogens is 258 g/mol. The molecule has 0 saturated carbocycles. The molecule has 0 aliphatic rings. The Morgan fingerprint density at radius 3 is 2.50 bits per heavy atom. The van der Waals surface area contributed by atoms with Gasteiger partial charge in [0.2, 0.25) is 5.95 Å². The molecule has 0 aromatic carbocycles. The van der Waals surface area contributed by atoms with Crippen LogP contribution in [0, 0.1) is 5.92 Å². The molecule has 0 saturated heterocycles. The summed E-state index contributed by atoms with van der Waals surface area (Å²) in [6, 6.07) is 0. The second-order valence-corrected chi connectivity index (χ2v) is 5.15. The number of H-pyrrole nitrogens is 1. The lowest BCUT2D eigenvalue weighted by Gasteiger charge is -2.08. The van der Waals surface area contributed by atoms with Crippen LogP contribution >= 0.6 is 0 Å². The normalized spacial score (nSPS) is 11.4. The van der Waals surface area contributed by atoms with Gasteiger partial charge in [-0.05, 0) is 19.8 Å². The molecule has 7 nitrogen and oxygen atoms in total. The highest BCUT2D eigenvalue weighted by atomic mass is 16.2. The topological polar surface area (TPSA) is 84.7 Å². The molecule has 0 amide bonds. The van der Waals surface area contributed by atoms with E-state index in [4.69, 9.17) is 0 Å². The monoisotopic (exact) mass is 279 g/mol. The van der Waals surface area contributed by atoms with Crippen LogP contribution in [-0.2, 0) is 13.1 Å². The number of rotatable bonds is 5. The summed E-state index contributed by atoms with van der Waals surface area (Å²) in [4.78, 5) is 30.9. The maximum atomic E-state index is 12.1. The van der Waals surface area contributed by atoms with E-state index in [1.54, 1.807) is 4.57 Å². The first-order chi connectivity index (χ1) is 9.49. The summed E-state index contributed by atoms with van der Waals surface area (Å²) in [6.45, 7) is 9.79. The Hall–Kier alpha value is -2.05. The third-order valence-corrected chi connectivity index (χ3v) is 3.08. The molecule has 20 heavy (non-hydrogen) atoms. The van der Waals surface area contributed by atoms with E-state index >= 15 is 0 Å². The maximum absolute atomic E-state index is 12.1. The van der Waals surface area contributed by atoms with E-state index in [1.807, 2.05) is 27.7 Å². The van der Waals surface area contributed by atoms with Gasteiger partial charge in [0.05, 0.1) is 0 Å². The van der Waals surface area contributed by atoms with Gasteiger partial charge in [-0.3, -0.25) is 14.3 Å². The number of hydrogen-bond donors (Lipinski definition) is 2. The molecule has 2 aromatic heterocycles. The zero-order valence-corrected chi connectivity index (χ0v) is 12.4. The summed E-state index contributed by atoms with van der Waals surface area (Å²) < 4.78 is 3.34. The number of aryl methyl sites for hydroxylation is 1. The first-order valence-corrected chi connectivity index (χ1v) is 6.96. The predicted molar refractivity (Wildman–Crippen MR) is 79.3 cm³/mol. The molecule has 0 radical (unpaired) electrons. The van der Waals surface area contributed by atoms with E-state index in [0.717, 1.165) is 0 Å². The van der Waals surface area contributed by atoms with Gasteiger partial charge < -0.3 is 9.88 Å². The number of nitrogens with zero attached hydrogens (tertiary/aromatic N) is 3. The zero-order chi connectivity index (χ0) is 14.9. The van der Waals surface area contributed by atoms with Crippen molar-refractivity contribution in [2.24, 2.45) is 5.92 Å². The molecule has 2 rings (SSSR count). The minimum atomic E-state index is -0.403. The van der Waals surface area contributed by atoms with Crippen molar-refractivity contribution in [2.45, 2.75) is 40.8 Å². The number of imidazole rings is 1. The highest BCUT2D eigenvalue weighted by molar-refractivity contribution is 5.74. The van der Waals surface area contributed by atoms with Crippen molar-refractivity contribution >= 4 is 17.1 Å². The van der Waals surface area contributed by atoms with Gasteiger partial charge in [-0.25, -0.2) is 4.79 Å². The van der Waals surface area contributed by atoms with Crippen LogP contribution in [0.3, 0.4) is 0 Å². The molecule has 0 atom stereocenters. The van der Waals surface area contributed by atoms with E-state index in [9.17, 15) is 9.59 Å². The molecule has 2 N–H and O–H groups in total. The van der Waals surface area contributed by atoms with Crippen LogP contribution in [0.2, 0.25) is 0 Å². The van der Waals surface area contributed by atoms with Crippen molar-refractivity contribution in [2.75, 3.05) is 11.9 Å². The third kappa shape index (κ3) is 2.35. The van der Waals surface area contributed by atoms with Crippen LogP contribution in [0.15, 0.2) is 9.59 Å². The van der Waals surface area contributed by atoms with Crippen molar-refractivity contribution in [3.8, 4) is 0 Å². The molecule has 7 heteroatoms. The van der Waals surface area contributed by atoms with E-state index in [2.05, 4.69) is 15.3 Å². The van der Waals surface area contributed by atoms with Crippen LogP contribution in [0.25, 0.3) is 11.2 Å².